The van der Waals surface area contributed by atoms with Gasteiger partial charge in [0.2, 0.25) is 0 Å². The number of thioether (sulfide) groups is 1. The summed E-state index contributed by atoms with van der Waals surface area (Å²) >= 11 is 3.24. The molecule has 1 N–H and O–H groups in total. The second-order valence-corrected chi connectivity index (χ2v) is 8.07. The molecule has 0 spiro atoms. The van der Waals surface area contributed by atoms with Crippen molar-refractivity contribution < 1.29 is 9.53 Å². The van der Waals surface area contributed by atoms with Crippen molar-refractivity contribution in [2.75, 3.05) is 13.2 Å². The molecule has 1 rings (SSSR count). The predicted molar refractivity (Wildman–Crippen MR) is 87.9 cm³/mol. The van der Waals surface area contributed by atoms with Crippen molar-refractivity contribution in [3.63, 3.8) is 0 Å². The topological polar surface area (TPSA) is 64.1 Å². The zero-order chi connectivity index (χ0) is 15.9. The van der Waals surface area contributed by atoms with Gasteiger partial charge in [0.25, 0.3) is 0 Å². The third kappa shape index (κ3) is 5.92. The summed E-state index contributed by atoms with van der Waals surface area (Å²) in [6.07, 6.45) is 1.67. The molecule has 0 saturated carbocycles. The van der Waals surface area contributed by atoms with Gasteiger partial charge in [-0.3, -0.25) is 4.79 Å². The van der Waals surface area contributed by atoms with E-state index in [1.165, 1.54) is 0 Å². The van der Waals surface area contributed by atoms with Crippen LogP contribution in [0.15, 0.2) is 4.34 Å². The molecular formula is C14H25N3O2S2. The summed E-state index contributed by atoms with van der Waals surface area (Å²) in [5.41, 5.74) is -0.655. The quantitative estimate of drug-likeness (QED) is 0.554. The number of ether oxygens (including phenoxy) is 1. The summed E-state index contributed by atoms with van der Waals surface area (Å²) in [4.78, 5) is 12.2. The molecule has 2 atom stereocenters. The molecule has 2 unspecified atom stereocenters. The Balaban J connectivity index is 2.67. The number of aromatic nitrogens is 2. The summed E-state index contributed by atoms with van der Waals surface area (Å²) in [5.74, 6) is -0.181. The highest BCUT2D eigenvalue weighted by atomic mass is 32.2. The van der Waals surface area contributed by atoms with Crippen molar-refractivity contribution in [1.29, 1.82) is 0 Å². The van der Waals surface area contributed by atoms with E-state index in [9.17, 15) is 4.79 Å². The van der Waals surface area contributed by atoms with Crippen molar-refractivity contribution in [1.82, 2.24) is 15.5 Å². The molecule has 21 heavy (non-hydrogen) atoms. The lowest BCUT2D eigenvalue weighted by Crippen LogP contribution is -2.52. The lowest BCUT2D eigenvalue weighted by Gasteiger charge is -2.30. The van der Waals surface area contributed by atoms with Gasteiger partial charge in [-0.25, -0.2) is 0 Å². The van der Waals surface area contributed by atoms with E-state index >= 15 is 0 Å². The van der Waals surface area contributed by atoms with Gasteiger partial charge >= 0.3 is 5.97 Å². The zero-order valence-electron chi connectivity index (χ0n) is 13.4. The third-order valence-electron chi connectivity index (χ3n) is 3.00. The van der Waals surface area contributed by atoms with Crippen LogP contribution in [0.4, 0.5) is 0 Å². The standard InChI is InChI=1S/C14H25N3O2S2/c1-6-8-15-14(5,12(18)19-7-2)9-10(3)20-13-17-16-11(4)21-13/h10,15H,6-9H2,1-5H3. The van der Waals surface area contributed by atoms with Gasteiger partial charge in [0.05, 0.1) is 6.61 Å². The average Bonchev–Trinajstić information content (AvgIpc) is 2.81. The van der Waals surface area contributed by atoms with Gasteiger partial charge in [0, 0.05) is 5.25 Å². The number of rotatable bonds is 9. The van der Waals surface area contributed by atoms with E-state index in [0.29, 0.717) is 13.0 Å². The van der Waals surface area contributed by atoms with Crippen LogP contribution in [0.1, 0.15) is 45.5 Å². The number of aryl methyl sites for hydroxylation is 1. The van der Waals surface area contributed by atoms with Crippen LogP contribution in [0, 0.1) is 6.92 Å². The van der Waals surface area contributed by atoms with Crippen LogP contribution in [0.2, 0.25) is 0 Å². The van der Waals surface area contributed by atoms with E-state index < -0.39 is 5.54 Å². The summed E-state index contributed by atoms with van der Waals surface area (Å²) in [6.45, 7) is 11.1. The Morgan fingerprint density at radius 1 is 1.48 bits per heavy atom. The second-order valence-electron chi connectivity index (χ2n) is 5.20. The molecule has 0 aliphatic heterocycles. The first-order chi connectivity index (χ1) is 9.91. The Morgan fingerprint density at radius 2 is 2.19 bits per heavy atom. The van der Waals surface area contributed by atoms with E-state index in [2.05, 4.69) is 29.4 Å². The minimum Gasteiger partial charge on any atom is -0.465 e. The summed E-state index contributed by atoms with van der Waals surface area (Å²) in [5, 5.41) is 12.7. The molecule has 0 aliphatic carbocycles. The zero-order valence-corrected chi connectivity index (χ0v) is 15.1. The van der Waals surface area contributed by atoms with Crippen LogP contribution in [0.3, 0.4) is 0 Å². The average molecular weight is 332 g/mol. The van der Waals surface area contributed by atoms with E-state index in [1.54, 1.807) is 23.1 Å². The fourth-order valence-corrected chi connectivity index (χ4v) is 4.35. The third-order valence-corrected chi connectivity index (χ3v) is 5.02. The molecule has 0 aliphatic rings. The highest BCUT2D eigenvalue weighted by Gasteiger charge is 2.36. The Kier molecular flexibility index (Phi) is 7.62. The van der Waals surface area contributed by atoms with Crippen LogP contribution in [-0.4, -0.2) is 40.1 Å². The minimum absolute atomic E-state index is 0.181. The normalized spacial score (nSPS) is 15.5. The first kappa shape index (κ1) is 18.4. The molecule has 1 aromatic rings. The van der Waals surface area contributed by atoms with Gasteiger partial charge in [-0.2, -0.15) is 0 Å². The lowest BCUT2D eigenvalue weighted by molar-refractivity contribution is -0.150. The minimum atomic E-state index is -0.655. The summed E-state index contributed by atoms with van der Waals surface area (Å²) < 4.78 is 6.17. The largest absolute Gasteiger partial charge is 0.465 e. The van der Waals surface area contributed by atoms with Crippen LogP contribution >= 0.6 is 23.1 Å². The van der Waals surface area contributed by atoms with Gasteiger partial charge < -0.3 is 10.1 Å². The van der Waals surface area contributed by atoms with Crippen molar-refractivity contribution in [3.8, 4) is 0 Å². The van der Waals surface area contributed by atoms with Crippen molar-refractivity contribution in [2.45, 2.75) is 62.6 Å². The van der Waals surface area contributed by atoms with E-state index in [-0.39, 0.29) is 11.2 Å². The molecule has 0 amide bonds. The highest BCUT2D eigenvalue weighted by Crippen LogP contribution is 2.31. The van der Waals surface area contributed by atoms with E-state index in [4.69, 9.17) is 4.74 Å². The number of carbonyl (C=O) groups excluding carboxylic acids is 1. The van der Waals surface area contributed by atoms with Gasteiger partial charge in [-0.15, -0.1) is 10.2 Å². The highest BCUT2D eigenvalue weighted by molar-refractivity contribution is 8.01. The monoisotopic (exact) mass is 331 g/mol. The molecule has 120 valence electrons. The predicted octanol–water partition coefficient (Wildman–Crippen LogP) is 3.04. The fraction of sp³-hybridized carbons (Fsp3) is 0.786. The van der Waals surface area contributed by atoms with Crippen LogP contribution < -0.4 is 5.32 Å². The maximum Gasteiger partial charge on any atom is 0.326 e. The Bertz CT molecular complexity index is 453. The van der Waals surface area contributed by atoms with Crippen LogP contribution in [0.5, 0.6) is 0 Å². The molecule has 7 heteroatoms. The van der Waals surface area contributed by atoms with Crippen LogP contribution in [-0.2, 0) is 9.53 Å². The molecule has 1 heterocycles. The first-order valence-corrected chi connectivity index (χ1v) is 9.00. The molecule has 0 bridgehead atoms. The Hall–Kier alpha value is -0.660. The van der Waals surface area contributed by atoms with Crippen molar-refractivity contribution in [2.24, 2.45) is 0 Å². The molecule has 5 nitrogen and oxygen atoms in total. The van der Waals surface area contributed by atoms with Gasteiger partial charge in [0.1, 0.15) is 10.5 Å². The molecule has 0 fully saturated rings. The number of hydrogen-bond donors (Lipinski definition) is 1. The molecule has 0 aromatic carbocycles. The van der Waals surface area contributed by atoms with Gasteiger partial charge in [0.15, 0.2) is 4.34 Å². The second kappa shape index (κ2) is 8.70. The smallest absolute Gasteiger partial charge is 0.326 e. The number of carbonyl (C=O) groups is 1. The SMILES string of the molecule is CCCNC(C)(CC(C)Sc1nnc(C)s1)C(=O)OCC. The maximum atomic E-state index is 12.2. The molecule has 1 aromatic heterocycles. The molecular weight excluding hydrogens is 306 g/mol. The number of hydrogen-bond acceptors (Lipinski definition) is 7. The van der Waals surface area contributed by atoms with Crippen molar-refractivity contribution >= 4 is 29.1 Å². The molecule has 0 radical (unpaired) electrons. The van der Waals surface area contributed by atoms with Crippen molar-refractivity contribution in [3.05, 3.63) is 5.01 Å². The summed E-state index contributed by atoms with van der Waals surface area (Å²) in [6, 6.07) is 0. The maximum absolute atomic E-state index is 12.2. The van der Waals surface area contributed by atoms with E-state index in [1.807, 2.05) is 20.8 Å². The number of nitrogens with zero attached hydrogens (tertiary/aromatic N) is 2. The number of nitrogens with one attached hydrogen (secondary N) is 1. The first-order valence-electron chi connectivity index (χ1n) is 7.30. The van der Waals surface area contributed by atoms with Gasteiger partial charge in [-0.05, 0) is 40.2 Å². The fourth-order valence-electron chi connectivity index (χ4n) is 2.03. The number of esters is 1. The van der Waals surface area contributed by atoms with E-state index in [0.717, 1.165) is 22.3 Å². The Labute approximate surface area is 135 Å². The van der Waals surface area contributed by atoms with Gasteiger partial charge in [-0.1, -0.05) is 36.9 Å². The lowest BCUT2D eigenvalue weighted by atomic mass is 9.96. The molecule has 0 saturated heterocycles. The Morgan fingerprint density at radius 3 is 2.71 bits per heavy atom. The van der Waals surface area contributed by atoms with Crippen LogP contribution in [0.25, 0.3) is 0 Å². The summed E-state index contributed by atoms with van der Waals surface area (Å²) in [7, 11) is 0.